The number of carboxylic acids is 1. The molecule has 1 aliphatic heterocycles. The summed E-state index contributed by atoms with van der Waals surface area (Å²) in [6, 6.07) is 4.81. The van der Waals surface area contributed by atoms with Gasteiger partial charge in [0.1, 0.15) is 6.04 Å². The van der Waals surface area contributed by atoms with Crippen molar-refractivity contribution in [3.8, 4) is 11.5 Å². The molecule has 0 fully saturated rings. The van der Waals surface area contributed by atoms with Crippen LogP contribution in [0.5, 0.6) is 11.5 Å². The molecule has 1 aromatic rings. The molecule has 2 atom stereocenters. The van der Waals surface area contributed by atoms with Gasteiger partial charge in [0, 0.05) is 11.2 Å². The number of hydrogen-bond acceptors (Lipinski definition) is 4. The van der Waals surface area contributed by atoms with E-state index in [2.05, 4.69) is 21.2 Å². The molecule has 0 aliphatic carbocycles. The van der Waals surface area contributed by atoms with Gasteiger partial charge in [0.25, 0.3) is 0 Å². The number of carbonyl (C=O) groups excluding carboxylic acids is 1. The van der Waals surface area contributed by atoms with Crippen molar-refractivity contribution in [2.45, 2.75) is 25.8 Å². The normalized spacial score (nSPS) is 15.2. The number of carbonyl (C=O) groups is 2. The molecule has 1 aliphatic rings. The Morgan fingerprint density at radius 1 is 1.36 bits per heavy atom. The van der Waals surface area contributed by atoms with Crippen molar-refractivity contribution >= 4 is 27.8 Å². The molecule has 2 N–H and O–H groups in total. The molecule has 1 heterocycles. The number of amides is 1. The van der Waals surface area contributed by atoms with Crippen LogP contribution in [0, 0.1) is 5.92 Å². The Kier molecular flexibility index (Phi) is 5.65. The van der Waals surface area contributed by atoms with E-state index >= 15 is 0 Å². The number of alkyl halides is 1. The minimum atomic E-state index is -1.04. The van der Waals surface area contributed by atoms with Crippen molar-refractivity contribution in [2.75, 3.05) is 12.1 Å². The second-order valence-electron chi connectivity index (χ2n) is 5.15. The summed E-state index contributed by atoms with van der Waals surface area (Å²) in [6.07, 6.45) is 1.31. The molecule has 0 radical (unpaired) electrons. The fourth-order valence-electron chi connectivity index (χ4n) is 2.11. The van der Waals surface area contributed by atoms with E-state index in [1.165, 1.54) is 6.92 Å². The van der Waals surface area contributed by atoms with Crippen molar-refractivity contribution in [2.24, 2.45) is 5.92 Å². The largest absolute Gasteiger partial charge is 0.480 e. The summed E-state index contributed by atoms with van der Waals surface area (Å²) in [7, 11) is 0. The standard InChI is InChI=1S/C15H18BrNO5/c1-9(15(19)20)17-14(18)11(7-16)4-2-10-3-5-12-13(6-10)22-8-21-12/h3,5-6,9,11H,2,4,7-8H2,1H3,(H,17,18)(H,19,20)/t9-,11?/m1/s1. The molecule has 1 unspecified atom stereocenters. The molecule has 0 saturated heterocycles. The molecule has 0 saturated carbocycles. The quantitative estimate of drug-likeness (QED) is 0.715. The van der Waals surface area contributed by atoms with Crippen LogP contribution in [0.3, 0.4) is 0 Å². The Balaban J connectivity index is 1.90. The zero-order valence-electron chi connectivity index (χ0n) is 12.2. The first kappa shape index (κ1) is 16.6. The van der Waals surface area contributed by atoms with Gasteiger partial charge in [-0.15, -0.1) is 0 Å². The van der Waals surface area contributed by atoms with Gasteiger partial charge in [0.15, 0.2) is 11.5 Å². The van der Waals surface area contributed by atoms with Crippen LogP contribution >= 0.6 is 15.9 Å². The number of aryl methyl sites for hydroxylation is 1. The first-order valence-electron chi connectivity index (χ1n) is 6.99. The molecule has 6 nitrogen and oxygen atoms in total. The molecule has 7 heteroatoms. The van der Waals surface area contributed by atoms with Crippen LogP contribution < -0.4 is 14.8 Å². The Hall–Kier alpha value is -1.76. The molecule has 120 valence electrons. The van der Waals surface area contributed by atoms with Crippen molar-refractivity contribution in [3.63, 3.8) is 0 Å². The lowest BCUT2D eigenvalue weighted by molar-refractivity contribution is -0.141. The highest BCUT2D eigenvalue weighted by Crippen LogP contribution is 2.33. The van der Waals surface area contributed by atoms with E-state index in [0.717, 1.165) is 17.1 Å². The van der Waals surface area contributed by atoms with Crippen molar-refractivity contribution in [3.05, 3.63) is 23.8 Å². The van der Waals surface area contributed by atoms with Crippen LogP contribution in [0.1, 0.15) is 18.9 Å². The third-order valence-electron chi connectivity index (χ3n) is 3.50. The molecule has 0 bridgehead atoms. The van der Waals surface area contributed by atoms with Gasteiger partial charge in [0.05, 0.1) is 0 Å². The SMILES string of the molecule is C[C@@H](NC(=O)C(CBr)CCc1ccc2c(c1)OCO2)C(=O)O. The molecular formula is C15H18BrNO5. The fourth-order valence-corrected chi connectivity index (χ4v) is 2.73. The number of benzene rings is 1. The highest BCUT2D eigenvalue weighted by atomic mass is 79.9. The zero-order valence-corrected chi connectivity index (χ0v) is 13.8. The summed E-state index contributed by atoms with van der Waals surface area (Å²) in [5.74, 6) is -0.136. The van der Waals surface area contributed by atoms with Gasteiger partial charge in [-0.2, -0.15) is 0 Å². The average molecular weight is 372 g/mol. The minimum Gasteiger partial charge on any atom is -0.480 e. The van der Waals surface area contributed by atoms with Crippen LogP contribution in [0.2, 0.25) is 0 Å². The van der Waals surface area contributed by atoms with Crippen LogP contribution in [-0.2, 0) is 16.0 Å². The first-order valence-corrected chi connectivity index (χ1v) is 8.11. The third-order valence-corrected chi connectivity index (χ3v) is 4.29. The molecular weight excluding hydrogens is 354 g/mol. The van der Waals surface area contributed by atoms with Gasteiger partial charge in [-0.1, -0.05) is 22.0 Å². The second kappa shape index (κ2) is 7.49. The Bertz CT molecular complexity index is 563. The van der Waals surface area contributed by atoms with Gasteiger partial charge in [-0.05, 0) is 37.5 Å². The fraction of sp³-hybridized carbons (Fsp3) is 0.467. The minimum absolute atomic E-state index is 0.234. The predicted octanol–water partition coefficient (Wildman–Crippen LogP) is 1.95. The van der Waals surface area contributed by atoms with E-state index in [1.54, 1.807) is 0 Å². The molecule has 0 spiro atoms. The number of rotatable bonds is 7. The summed E-state index contributed by atoms with van der Waals surface area (Å²) < 4.78 is 10.6. The van der Waals surface area contributed by atoms with Gasteiger partial charge in [0.2, 0.25) is 12.7 Å². The van der Waals surface area contributed by atoms with E-state index < -0.39 is 12.0 Å². The number of halogens is 1. The predicted molar refractivity (Wildman–Crippen MR) is 83.4 cm³/mol. The Morgan fingerprint density at radius 2 is 2.09 bits per heavy atom. The van der Waals surface area contributed by atoms with Crippen LogP contribution in [0.4, 0.5) is 0 Å². The van der Waals surface area contributed by atoms with E-state index in [4.69, 9.17) is 14.6 Å². The Morgan fingerprint density at radius 3 is 2.77 bits per heavy atom. The molecule has 1 amide bonds. The lowest BCUT2D eigenvalue weighted by Gasteiger charge is -2.16. The van der Waals surface area contributed by atoms with Crippen molar-refractivity contribution < 1.29 is 24.2 Å². The van der Waals surface area contributed by atoms with Crippen LogP contribution in [-0.4, -0.2) is 35.1 Å². The van der Waals surface area contributed by atoms with Crippen molar-refractivity contribution in [1.82, 2.24) is 5.32 Å². The zero-order chi connectivity index (χ0) is 16.1. The number of fused-ring (bicyclic) bond motifs is 1. The highest BCUT2D eigenvalue weighted by molar-refractivity contribution is 9.09. The second-order valence-corrected chi connectivity index (χ2v) is 5.79. The number of nitrogens with one attached hydrogen (secondary N) is 1. The van der Waals surface area contributed by atoms with Gasteiger partial charge < -0.3 is 19.9 Å². The molecule has 1 aromatic carbocycles. The summed E-state index contributed by atoms with van der Waals surface area (Å²) in [5, 5.41) is 11.8. The molecule has 2 rings (SSSR count). The lowest BCUT2D eigenvalue weighted by atomic mass is 9.99. The van der Waals surface area contributed by atoms with E-state index in [0.29, 0.717) is 18.2 Å². The number of ether oxygens (including phenoxy) is 2. The number of carboxylic acid groups (broad SMARTS) is 1. The summed E-state index contributed by atoms with van der Waals surface area (Å²) >= 11 is 3.31. The maximum atomic E-state index is 12.0. The smallest absolute Gasteiger partial charge is 0.325 e. The van der Waals surface area contributed by atoms with Crippen LogP contribution in [0.25, 0.3) is 0 Å². The summed E-state index contributed by atoms with van der Waals surface area (Å²) in [5.41, 5.74) is 1.05. The lowest BCUT2D eigenvalue weighted by Crippen LogP contribution is -2.42. The first-order chi connectivity index (χ1) is 10.5. The van der Waals surface area contributed by atoms with Crippen LogP contribution in [0.15, 0.2) is 18.2 Å². The maximum Gasteiger partial charge on any atom is 0.325 e. The summed E-state index contributed by atoms with van der Waals surface area (Å²) in [4.78, 5) is 22.8. The van der Waals surface area contributed by atoms with Gasteiger partial charge in [-0.25, -0.2) is 0 Å². The number of aliphatic carboxylic acids is 1. The molecule has 0 aromatic heterocycles. The Labute approximate surface area is 136 Å². The monoisotopic (exact) mass is 371 g/mol. The van der Waals surface area contributed by atoms with Crippen molar-refractivity contribution in [1.29, 1.82) is 0 Å². The number of hydrogen-bond donors (Lipinski definition) is 2. The summed E-state index contributed by atoms with van der Waals surface area (Å²) in [6.45, 7) is 1.68. The van der Waals surface area contributed by atoms with E-state index in [9.17, 15) is 9.59 Å². The van der Waals surface area contributed by atoms with E-state index in [-0.39, 0.29) is 18.6 Å². The van der Waals surface area contributed by atoms with Gasteiger partial charge >= 0.3 is 5.97 Å². The van der Waals surface area contributed by atoms with Gasteiger partial charge in [-0.3, -0.25) is 9.59 Å². The third kappa shape index (κ3) is 4.13. The highest BCUT2D eigenvalue weighted by Gasteiger charge is 2.22. The van der Waals surface area contributed by atoms with E-state index in [1.807, 2.05) is 18.2 Å². The maximum absolute atomic E-state index is 12.0. The average Bonchev–Trinajstić information content (AvgIpc) is 2.95. The topological polar surface area (TPSA) is 84.9 Å². The molecule has 22 heavy (non-hydrogen) atoms.